The quantitative estimate of drug-likeness (QED) is 0.758. The molecule has 2 fully saturated rings. The van der Waals surface area contributed by atoms with Gasteiger partial charge >= 0.3 is 5.97 Å². The smallest absolute Gasteiger partial charge is 0.322 e. The first kappa shape index (κ1) is 17.2. The molecular formula is C16H29N3O3. The van der Waals surface area contributed by atoms with Gasteiger partial charge < -0.3 is 15.3 Å². The molecular weight excluding hydrogens is 282 g/mol. The van der Waals surface area contributed by atoms with E-state index < -0.39 is 5.97 Å². The van der Waals surface area contributed by atoms with Crippen LogP contribution in [-0.4, -0.2) is 72.6 Å². The number of carbonyl (C=O) groups is 2. The van der Waals surface area contributed by atoms with E-state index in [2.05, 4.69) is 15.1 Å². The molecule has 2 rings (SSSR count). The number of likely N-dealkylation sites (tertiary alicyclic amines) is 2. The van der Waals surface area contributed by atoms with E-state index in [1.165, 1.54) is 45.2 Å². The number of piperidine rings is 1. The van der Waals surface area contributed by atoms with Crippen LogP contribution in [-0.2, 0) is 9.59 Å². The minimum absolute atomic E-state index is 0.183. The minimum Gasteiger partial charge on any atom is -0.480 e. The fraction of sp³-hybridized carbons (Fsp3) is 0.875. The molecule has 0 aliphatic carbocycles. The summed E-state index contributed by atoms with van der Waals surface area (Å²) in [5.74, 6) is -0.539. The number of nitrogens with one attached hydrogen (secondary N) is 1. The minimum atomic E-state index is -0.994. The summed E-state index contributed by atoms with van der Waals surface area (Å²) in [6, 6.07) is 0. The van der Waals surface area contributed by atoms with Gasteiger partial charge in [0.05, 0.1) is 6.54 Å². The second-order valence-electron chi connectivity index (χ2n) is 6.63. The summed E-state index contributed by atoms with van der Waals surface area (Å²) in [4.78, 5) is 27.0. The average Bonchev–Trinajstić information content (AvgIpc) is 2.74. The molecule has 0 radical (unpaired) electrons. The molecule has 1 amide bonds. The second kappa shape index (κ2) is 9.10. The molecule has 2 saturated heterocycles. The monoisotopic (exact) mass is 311 g/mol. The predicted molar refractivity (Wildman–Crippen MR) is 84.7 cm³/mol. The zero-order valence-corrected chi connectivity index (χ0v) is 13.4. The van der Waals surface area contributed by atoms with Crippen LogP contribution in [0.2, 0.25) is 0 Å². The van der Waals surface area contributed by atoms with Crippen LogP contribution in [0.5, 0.6) is 0 Å². The zero-order valence-electron chi connectivity index (χ0n) is 13.4. The number of carbonyl (C=O) groups excluding carboxylic acids is 1. The Morgan fingerprint density at radius 2 is 1.68 bits per heavy atom. The Morgan fingerprint density at radius 1 is 1.00 bits per heavy atom. The van der Waals surface area contributed by atoms with Crippen LogP contribution < -0.4 is 5.32 Å². The van der Waals surface area contributed by atoms with Gasteiger partial charge in [-0.2, -0.15) is 0 Å². The van der Waals surface area contributed by atoms with Crippen molar-refractivity contribution in [2.45, 2.75) is 38.5 Å². The number of carboxylic acids is 1. The third-order valence-corrected chi connectivity index (χ3v) is 4.62. The first-order valence-electron chi connectivity index (χ1n) is 8.56. The Labute approximate surface area is 132 Å². The van der Waals surface area contributed by atoms with Gasteiger partial charge in [0.2, 0.25) is 5.91 Å². The fourth-order valence-corrected chi connectivity index (χ4v) is 3.56. The average molecular weight is 311 g/mol. The normalized spacial score (nSPS) is 24.6. The predicted octanol–water partition coefficient (Wildman–Crippen LogP) is 0.775. The van der Waals surface area contributed by atoms with Gasteiger partial charge in [0, 0.05) is 13.1 Å². The number of hydrogen-bond donors (Lipinski definition) is 2. The Bertz CT molecular complexity index is 368. The lowest BCUT2D eigenvalue weighted by Gasteiger charge is -2.35. The highest BCUT2D eigenvalue weighted by Gasteiger charge is 2.23. The molecule has 2 aliphatic rings. The molecule has 0 aromatic rings. The maximum absolute atomic E-state index is 11.7. The van der Waals surface area contributed by atoms with Gasteiger partial charge in [0.1, 0.15) is 6.54 Å². The highest BCUT2D eigenvalue weighted by Crippen LogP contribution is 2.19. The Balaban J connectivity index is 1.71. The van der Waals surface area contributed by atoms with Crippen molar-refractivity contribution in [2.24, 2.45) is 5.92 Å². The highest BCUT2D eigenvalue weighted by molar-refractivity contribution is 5.82. The number of nitrogens with zero attached hydrogens (tertiary/aromatic N) is 2. The molecule has 0 spiro atoms. The Kier molecular flexibility index (Phi) is 7.12. The zero-order chi connectivity index (χ0) is 15.8. The van der Waals surface area contributed by atoms with Gasteiger partial charge in [0.15, 0.2) is 0 Å². The van der Waals surface area contributed by atoms with Gasteiger partial charge in [-0.25, -0.2) is 0 Å². The Hall–Kier alpha value is -1.14. The lowest BCUT2D eigenvalue weighted by Crippen LogP contribution is -2.46. The lowest BCUT2D eigenvalue weighted by atomic mass is 9.97. The largest absolute Gasteiger partial charge is 0.480 e. The van der Waals surface area contributed by atoms with Crippen molar-refractivity contribution in [3.8, 4) is 0 Å². The van der Waals surface area contributed by atoms with Crippen LogP contribution in [0.4, 0.5) is 0 Å². The molecule has 0 aromatic carbocycles. The van der Waals surface area contributed by atoms with Crippen LogP contribution in [0, 0.1) is 5.92 Å². The third kappa shape index (κ3) is 6.32. The van der Waals surface area contributed by atoms with Gasteiger partial charge in [0.25, 0.3) is 0 Å². The van der Waals surface area contributed by atoms with Gasteiger partial charge in [-0.15, -0.1) is 0 Å². The van der Waals surface area contributed by atoms with Crippen LogP contribution in [0.3, 0.4) is 0 Å². The van der Waals surface area contributed by atoms with E-state index in [1.54, 1.807) is 0 Å². The van der Waals surface area contributed by atoms with Crippen molar-refractivity contribution in [1.29, 1.82) is 0 Å². The van der Waals surface area contributed by atoms with Crippen molar-refractivity contribution in [3.05, 3.63) is 0 Å². The molecule has 22 heavy (non-hydrogen) atoms. The van der Waals surface area contributed by atoms with Crippen molar-refractivity contribution in [1.82, 2.24) is 15.1 Å². The van der Waals surface area contributed by atoms with E-state index in [9.17, 15) is 9.59 Å². The maximum atomic E-state index is 11.7. The van der Waals surface area contributed by atoms with Crippen molar-refractivity contribution in [3.63, 3.8) is 0 Å². The topological polar surface area (TPSA) is 72.9 Å². The van der Waals surface area contributed by atoms with Crippen LogP contribution in [0.15, 0.2) is 0 Å². The van der Waals surface area contributed by atoms with E-state index >= 15 is 0 Å². The van der Waals surface area contributed by atoms with E-state index in [0.717, 1.165) is 26.1 Å². The summed E-state index contributed by atoms with van der Waals surface area (Å²) >= 11 is 0. The van der Waals surface area contributed by atoms with E-state index in [0.29, 0.717) is 12.5 Å². The van der Waals surface area contributed by atoms with E-state index in [1.807, 2.05) is 0 Å². The van der Waals surface area contributed by atoms with Crippen LogP contribution in [0.1, 0.15) is 38.5 Å². The molecule has 6 nitrogen and oxygen atoms in total. The number of aliphatic carboxylic acids is 1. The molecule has 0 unspecified atom stereocenters. The van der Waals surface area contributed by atoms with Crippen molar-refractivity contribution < 1.29 is 14.7 Å². The van der Waals surface area contributed by atoms with Crippen molar-refractivity contribution >= 4 is 11.9 Å². The molecule has 0 saturated carbocycles. The second-order valence-corrected chi connectivity index (χ2v) is 6.63. The first-order chi connectivity index (χ1) is 10.6. The lowest BCUT2D eigenvalue weighted by molar-refractivity contribution is -0.138. The summed E-state index contributed by atoms with van der Waals surface area (Å²) in [5.41, 5.74) is 0. The molecule has 6 heteroatoms. The maximum Gasteiger partial charge on any atom is 0.322 e. The number of rotatable bonds is 6. The van der Waals surface area contributed by atoms with Crippen LogP contribution >= 0.6 is 0 Å². The summed E-state index contributed by atoms with van der Waals surface area (Å²) in [6.45, 7) is 5.51. The number of amides is 1. The summed E-state index contributed by atoms with van der Waals surface area (Å²) in [7, 11) is 0. The molecule has 0 aromatic heterocycles. The molecule has 1 atom stereocenters. The van der Waals surface area contributed by atoms with Gasteiger partial charge in [-0.3, -0.25) is 14.5 Å². The number of hydrogen-bond acceptors (Lipinski definition) is 4. The van der Waals surface area contributed by atoms with E-state index in [-0.39, 0.29) is 12.5 Å². The molecule has 0 bridgehead atoms. The highest BCUT2D eigenvalue weighted by atomic mass is 16.4. The first-order valence-corrected chi connectivity index (χ1v) is 8.56. The number of carboxylic acid groups (broad SMARTS) is 1. The fourth-order valence-electron chi connectivity index (χ4n) is 3.56. The van der Waals surface area contributed by atoms with Crippen LogP contribution in [0.25, 0.3) is 0 Å². The summed E-state index contributed by atoms with van der Waals surface area (Å²) in [5, 5.41) is 11.0. The SMILES string of the molecule is O=C(O)CNC(=O)CN1CCC[C@@H](CN2CCCCCC2)C1. The summed E-state index contributed by atoms with van der Waals surface area (Å²) in [6.07, 6.45) is 7.71. The summed E-state index contributed by atoms with van der Waals surface area (Å²) < 4.78 is 0. The standard InChI is InChI=1S/C16H29N3O3/c20-15(17-10-16(21)22)13-19-9-5-6-14(12-19)11-18-7-3-1-2-4-8-18/h14H,1-13H2,(H,17,20)(H,21,22)/t14-/m0/s1. The van der Waals surface area contributed by atoms with Gasteiger partial charge in [-0.1, -0.05) is 12.8 Å². The van der Waals surface area contributed by atoms with Crippen molar-refractivity contribution in [2.75, 3.05) is 45.8 Å². The molecule has 2 heterocycles. The molecule has 2 N–H and O–H groups in total. The van der Waals surface area contributed by atoms with Gasteiger partial charge in [-0.05, 0) is 51.2 Å². The Morgan fingerprint density at radius 3 is 2.36 bits per heavy atom. The molecule has 126 valence electrons. The van der Waals surface area contributed by atoms with E-state index in [4.69, 9.17) is 5.11 Å². The molecule has 2 aliphatic heterocycles. The third-order valence-electron chi connectivity index (χ3n) is 4.62.